The first kappa shape index (κ1) is 14.9. The maximum atomic E-state index is 12.4. The maximum Gasteiger partial charge on any atom is 0.253 e. The van der Waals surface area contributed by atoms with E-state index in [-0.39, 0.29) is 16.7 Å². The average Bonchev–Trinajstić information content (AvgIpc) is 2.77. The number of hydrogen-bond acceptors (Lipinski definition) is 5. The van der Waals surface area contributed by atoms with Crippen LogP contribution in [-0.4, -0.2) is 30.2 Å². The molecule has 6 heteroatoms. The number of ether oxygens (including phenoxy) is 1. The molecular weight excluding hydrogens is 296 g/mol. The molecule has 0 aromatic heterocycles. The van der Waals surface area contributed by atoms with Gasteiger partial charge in [0.15, 0.2) is 0 Å². The van der Waals surface area contributed by atoms with Crippen molar-refractivity contribution in [3.63, 3.8) is 0 Å². The first-order valence-electron chi connectivity index (χ1n) is 6.91. The molecule has 6 nitrogen and oxygen atoms in total. The highest BCUT2D eigenvalue weighted by atomic mass is 16.5. The molecule has 1 amide bonds. The van der Waals surface area contributed by atoms with E-state index in [0.29, 0.717) is 5.75 Å². The predicted molar refractivity (Wildman–Crippen MR) is 82.5 cm³/mol. The Hall–Kier alpha value is -2.99. The lowest BCUT2D eigenvalue weighted by Crippen LogP contribution is -2.63. The molecule has 23 heavy (non-hydrogen) atoms. The Morgan fingerprint density at radius 2 is 1.52 bits per heavy atom. The molecule has 0 radical (unpaired) electrons. The molecule has 1 aliphatic rings. The van der Waals surface area contributed by atoms with Crippen molar-refractivity contribution in [2.45, 2.75) is 5.66 Å². The zero-order valence-corrected chi connectivity index (χ0v) is 12.3. The number of amides is 1. The van der Waals surface area contributed by atoms with Crippen LogP contribution in [0, 0.1) is 0 Å². The molecule has 2 aromatic rings. The third-order valence-corrected chi connectivity index (χ3v) is 3.80. The predicted octanol–water partition coefficient (Wildman–Crippen LogP) is 1.16. The fourth-order valence-corrected chi connectivity index (χ4v) is 2.51. The Bertz CT molecular complexity index is 777. The highest BCUT2D eigenvalue weighted by Crippen LogP contribution is 2.27. The van der Waals surface area contributed by atoms with Crippen LogP contribution in [0.1, 0.15) is 31.1 Å². The first-order chi connectivity index (χ1) is 11.0. The average molecular weight is 310 g/mol. The molecule has 2 aromatic carbocycles. The summed E-state index contributed by atoms with van der Waals surface area (Å²) in [7, 11) is 1.51. The number of methoxy groups -OCH3 is 1. The lowest BCUT2D eigenvalue weighted by Gasteiger charge is -2.22. The number of carbonyl (C=O) groups is 3. The van der Waals surface area contributed by atoms with Gasteiger partial charge in [0.25, 0.3) is 5.91 Å². The van der Waals surface area contributed by atoms with Crippen LogP contribution in [0.25, 0.3) is 0 Å². The summed E-state index contributed by atoms with van der Waals surface area (Å²) in [5, 5.41) is 2.35. The number of nitrogens with two attached hydrogens (primary N) is 1. The molecule has 0 aliphatic heterocycles. The summed E-state index contributed by atoms with van der Waals surface area (Å²) < 4.78 is 5.01. The van der Waals surface area contributed by atoms with Crippen molar-refractivity contribution in [2.75, 3.05) is 7.11 Å². The van der Waals surface area contributed by atoms with Gasteiger partial charge in [-0.3, -0.25) is 20.1 Å². The Morgan fingerprint density at radius 1 is 1.00 bits per heavy atom. The van der Waals surface area contributed by atoms with Crippen LogP contribution < -0.4 is 15.8 Å². The van der Waals surface area contributed by atoms with Gasteiger partial charge in [0.2, 0.25) is 17.2 Å². The second kappa shape index (κ2) is 5.33. The van der Waals surface area contributed by atoms with Crippen molar-refractivity contribution in [3.05, 3.63) is 65.2 Å². The van der Waals surface area contributed by atoms with E-state index in [1.165, 1.54) is 31.4 Å². The highest BCUT2D eigenvalue weighted by Gasteiger charge is 2.51. The van der Waals surface area contributed by atoms with Gasteiger partial charge in [-0.15, -0.1) is 0 Å². The number of nitrogens with one attached hydrogen (secondary N) is 1. The van der Waals surface area contributed by atoms with Gasteiger partial charge in [-0.05, 0) is 24.3 Å². The highest BCUT2D eigenvalue weighted by molar-refractivity contribution is 6.33. The van der Waals surface area contributed by atoms with E-state index in [1.807, 2.05) is 0 Å². The lowest BCUT2D eigenvalue weighted by atomic mass is 10.0. The van der Waals surface area contributed by atoms with Crippen LogP contribution >= 0.6 is 0 Å². The molecule has 1 aliphatic carbocycles. The van der Waals surface area contributed by atoms with Gasteiger partial charge in [-0.25, -0.2) is 0 Å². The zero-order chi connectivity index (χ0) is 16.6. The van der Waals surface area contributed by atoms with Crippen molar-refractivity contribution in [3.8, 4) is 5.75 Å². The summed E-state index contributed by atoms with van der Waals surface area (Å²) in [6, 6.07) is 12.6. The van der Waals surface area contributed by atoms with Crippen LogP contribution in [0.2, 0.25) is 0 Å². The minimum atomic E-state index is -2.07. The minimum absolute atomic E-state index is 0.218. The summed E-state index contributed by atoms with van der Waals surface area (Å²) in [5.41, 5.74) is 4.57. The molecule has 3 rings (SSSR count). The molecule has 0 bridgehead atoms. The monoisotopic (exact) mass is 310 g/mol. The topological polar surface area (TPSA) is 98.5 Å². The van der Waals surface area contributed by atoms with E-state index in [0.717, 1.165) is 0 Å². The fourth-order valence-electron chi connectivity index (χ4n) is 2.51. The maximum absolute atomic E-state index is 12.4. The van der Waals surface area contributed by atoms with E-state index < -0.39 is 23.1 Å². The van der Waals surface area contributed by atoms with E-state index in [4.69, 9.17) is 10.5 Å². The number of ketones is 2. The molecule has 0 spiro atoms. The Morgan fingerprint density at radius 3 is 2.00 bits per heavy atom. The van der Waals surface area contributed by atoms with Crippen molar-refractivity contribution < 1.29 is 19.1 Å². The number of hydrogen-bond donors (Lipinski definition) is 2. The summed E-state index contributed by atoms with van der Waals surface area (Å²) in [6.45, 7) is 0. The number of Topliss-reactive ketones (excluding diaryl/α,β-unsaturated/α-hetero) is 2. The quantitative estimate of drug-likeness (QED) is 0.655. The summed E-state index contributed by atoms with van der Waals surface area (Å²) in [6.07, 6.45) is 0. The minimum Gasteiger partial charge on any atom is -0.497 e. The van der Waals surface area contributed by atoms with Crippen LogP contribution in [0.5, 0.6) is 5.75 Å². The molecule has 0 saturated heterocycles. The SMILES string of the molecule is COc1ccc(C(=O)NC2(N)C(=O)c3ccccc3C2=O)cc1. The summed E-state index contributed by atoms with van der Waals surface area (Å²) in [4.78, 5) is 37.1. The number of rotatable bonds is 3. The molecule has 0 unspecified atom stereocenters. The largest absolute Gasteiger partial charge is 0.497 e. The third-order valence-electron chi connectivity index (χ3n) is 3.80. The first-order valence-corrected chi connectivity index (χ1v) is 6.91. The molecular formula is C17H14N2O4. The van der Waals surface area contributed by atoms with E-state index in [9.17, 15) is 14.4 Å². The molecule has 0 atom stereocenters. The molecule has 116 valence electrons. The van der Waals surface area contributed by atoms with Crippen molar-refractivity contribution >= 4 is 17.5 Å². The number of carbonyl (C=O) groups excluding carboxylic acids is 3. The van der Waals surface area contributed by atoms with E-state index in [1.54, 1.807) is 24.3 Å². The molecule has 0 heterocycles. The second-order valence-corrected chi connectivity index (χ2v) is 5.19. The Balaban J connectivity index is 1.88. The smallest absolute Gasteiger partial charge is 0.253 e. The van der Waals surface area contributed by atoms with E-state index in [2.05, 4.69) is 5.32 Å². The fraction of sp³-hybridized carbons (Fsp3) is 0.118. The van der Waals surface area contributed by atoms with Crippen molar-refractivity contribution in [1.82, 2.24) is 5.32 Å². The van der Waals surface area contributed by atoms with Gasteiger partial charge in [-0.1, -0.05) is 24.3 Å². The Labute approximate surface area is 132 Å². The molecule has 0 saturated carbocycles. The Kier molecular flexibility index (Phi) is 3.46. The van der Waals surface area contributed by atoms with Crippen LogP contribution in [0.4, 0.5) is 0 Å². The summed E-state index contributed by atoms with van der Waals surface area (Å²) >= 11 is 0. The van der Waals surface area contributed by atoms with Crippen molar-refractivity contribution in [1.29, 1.82) is 0 Å². The second-order valence-electron chi connectivity index (χ2n) is 5.19. The van der Waals surface area contributed by atoms with Gasteiger partial charge >= 0.3 is 0 Å². The van der Waals surface area contributed by atoms with Gasteiger partial charge < -0.3 is 10.1 Å². The van der Waals surface area contributed by atoms with Crippen LogP contribution in [-0.2, 0) is 0 Å². The number of fused-ring (bicyclic) bond motifs is 1. The van der Waals surface area contributed by atoms with Crippen LogP contribution in [0.3, 0.4) is 0 Å². The zero-order valence-electron chi connectivity index (χ0n) is 12.3. The van der Waals surface area contributed by atoms with Gasteiger partial charge in [0.1, 0.15) is 5.75 Å². The normalized spacial score (nSPS) is 15.2. The lowest BCUT2D eigenvalue weighted by molar-refractivity contribution is 0.0704. The third kappa shape index (κ3) is 2.29. The molecule has 3 N–H and O–H groups in total. The van der Waals surface area contributed by atoms with Crippen LogP contribution in [0.15, 0.2) is 48.5 Å². The standard InChI is InChI=1S/C17H14N2O4/c1-23-11-8-6-10(7-9-11)16(22)19-17(18)14(20)12-4-2-3-5-13(12)15(17)21/h2-9H,18H2,1H3,(H,19,22). The molecule has 0 fully saturated rings. The van der Waals surface area contributed by atoms with Gasteiger partial charge in [0, 0.05) is 16.7 Å². The van der Waals surface area contributed by atoms with Crippen molar-refractivity contribution in [2.24, 2.45) is 5.73 Å². The number of benzene rings is 2. The van der Waals surface area contributed by atoms with E-state index >= 15 is 0 Å². The van der Waals surface area contributed by atoms with Gasteiger partial charge in [-0.2, -0.15) is 0 Å². The van der Waals surface area contributed by atoms with Gasteiger partial charge in [0.05, 0.1) is 7.11 Å². The summed E-state index contributed by atoms with van der Waals surface area (Å²) in [5.74, 6) is -1.24.